The Balaban J connectivity index is 1.50. The zero-order valence-corrected chi connectivity index (χ0v) is 22.1. The van der Waals surface area contributed by atoms with Gasteiger partial charge < -0.3 is 10.4 Å². The number of hydrazone groups is 1. The molecule has 1 aromatic carbocycles. The summed E-state index contributed by atoms with van der Waals surface area (Å²) >= 11 is 14.4. The number of nitrogens with one attached hydrogen (secondary N) is 1. The third-order valence-electron chi connectivity index (χ3n) is 5.07. The molecule has 2 amide bonds. The average Bonchev–Trinajstić information content (AvgIpc) is 3.52. The maximum atomic E-state index is 13.3. The van der Waals surface area contributed by atoms with Gasteiger partial charge in [-0.1, -0.05) is 29.3 Å². The molecule has 7 nitrogen and oxygen atoms in total. The van der Waals surface area contributed by atoms with Gasteiger partial charge in [-0.3, -0.25) is 14.6 Å². The maximum absolute atomic E-state index is 13.3. The summed E-state index contributed by atoms with van der Waals surface area (Å²) in [5.74, 6) is -0.843. The summed E-state index contributed by atoms with van der Waals surface area (Å²) < 4.78 is 0. The van der Waals surface area contributed by atoms with E-state index in [-0.39, 0.29) is 17.3 Å². The summed E-state index contributed by atoms with van der Waals surface area (Å²) in [5, 5.41) is 21.5. The van der Waals surface area contributed by atoms with E-state index in [1.807, 2.05) is 12.1 Å². The minimum Gasteiger partial charge on any atom is -0.504 e. The van der Waals surface area contributed by atoms with Crippen molar-refractivity contribution in [2.45, 2.75) is 13.3 Å². The van der Waals surface area contributed by atoms with Gasteiger partial charge in [0.05, 0.1) is 24.7 Å². The van der Waals surface area contributed by atoms with Crippen molar-refractivity contribution in [2.24, 2.45) is 5.10 Å². The molecule has 0 aliphatic rings. The standard InChI is InChI=1S/C25H20Cl2N4O3S2/c1-2-30-31(19-14-35-23(22(19)32)16-3-4-17(26)18(27)13-16)25(34)21-6-5-20(36-21)24(33)29-12-9-15-7-10-28-11-8-15/h2-8,10-11,13-14,32H,9,12H2,1H3,(H,29,33). The van der Waals surface area contributed by atoms with Crippen molar-refractivity contribution >= 4 is 69.6 Å². The Morgan fingerprint density at radius 1 is 1.11 bits per heavy atom. The van der Waals surface area contributed by atoms with Crippen LogP contribution in [0, 0.1) is 0 Å². The Hall–Kier alpha value is -3.24. The minimum atomic E-state index is -0.470. The molecule has 0 atom stereocenters. The molecular formula is C25H20Cl2N4O3S2. The van der Waals surface area contributed by atoms with E-state index in [0.29, 0.717) is 43.2 Å². The SMILES string of the molecule is CC=NN(C(=O)c1ccc(C(=O)NCCc2ccncc2)s1)c1csc(-c2ccc(Cl)c(Cl)c2)c1O. The number of halogens is 2. The van der Waals surface area contributed by atoms with Crippen molar-refractivity contribution in [3.05, 3.63) is 85.6 Å². The van der Waals surface area contributed by atoms with Crippen molar-refractivity contribution in [1.82, 2.24) is 10.3 Å². The summed E-state index contributed by atoms with van der Waals surface area (Å²) in [7, 11) is 0. The second-order valence-corrected chi connectivity index (χ2v) is 10.2. The molecule has 3 heterocycles. The molecule has 0 aliphatic carbocycles. The van der Waals surface area contributed by atoms with Crippen molar-refractivity contribution < 1.29 is 14.7 Å². The molecule has 0 fully saturated rings. The first-order valence-electron chi connectivity index (χ1n) is 10.7. The van der Waals surface area contributed by atoms with Crippen LogP contribution in [0.1, 0.15) is 31.8 Å². The Kier molecular flexibility index (Phi) is 8.37. The molecule has 0 spiro atoms. The van der Waals surface area contributed by atoms with Gasteiger partial charge >= 0.3 is 0 Å². The number of nitrogens with zero attached hydrogens (tertiary/aromatic N) is 3. The number of hydrogen-bond donors (Lipinski definition) is 2. The lowest BCUT2D eigenvalue weighted by Crippen LogP contribution is -2.25. The predicted octanol–water partition coefficient (Wildman–Crippen LogP) is 6.51. The number of anilines is 1. The fourth-order valence-corrected chi connectivity index (χ4v) is 5.38. The van der Waals surface area contributed by atoms with E-state index in [1.165, 1.54) is 17.6 Å². The lowest BCUT2D eigenvalue weighted by Gasteiger charge is -2.15. The van der Waals surface area contributed by atoms with Gasteiger partial charge in [0, 0.05) is 30.5 Å². The molecule has 0 unspecified atom stereocenters. The highest BCUT2D eigenvalue weighted by atomic mass is 35.5. The van der Waals surface area contributed by atoms with E-state index in [2.05, 4.69) is 15.4 Å². The fraction of sp³-hybridized carbons (Fsp3) is 0.120. The molecule has 0 bridgehead atoms. The molecular weight excluding hydrogens is 539 g/mol. The molecule has 184 valence electrons. The number of pyridine rings is 1. The Labute approximate surface area is 225 Å². The van der Waals surface area contributed by atoms with Gasteiger partial charge in [-0.2, -0.15) is 10.1 Å². The number of benzene rings is 1. The van der Waals surface area contributed by atoms with Crippen molar-refractivity contribution in [2.75, 3.05) is 11.6 Å². The molecule has 0 saturated heterocycles. The monoisotopic (exact) mass is 558 g/mol. The van der Waals surface area contributed by atoms with Gasteiger partial charge in [-0.15, -0.1) is 22.7 Å². The van der Waals surface area contributed by atoms with E-state index in [9.17, 15) is 14.7 Å². The highest BCUT2D eigenvalue weighted by Gasteiger charge is 2.26. The Bertz CT molecular complexity index is 1420. The molecule has 2 N–H and O–H groups in total. The van der Waals surface area contributed by atoms with Gasteiger partial charge in [0.1, 0.15) is 5.69 Å². The number of hydrogen-bond acceptors (Lipinski definition) is 7. The second-order valence-electron chi connectivity index (χ2n) is 7.44. The van der Waals surface area contributed by atoms with Crippen LogP contribution in [0.5, 0.6) is 5.75 Å². The lowest BCUT2D eigenvalue weighted by atomic mass is 10.1. The first kappa shape index (κ1) is 25.8. The second kappa shape index (κ2) is 11.7. The topological polar surface area (TPSA) is 94.9 Å². The summed E-state index contributed by atoms with van der Waals surface area (Å²) in [5.41, 5.74) is 1.95. The third-order valence-corrected chi connectivity index (χ3v) is 7.89. The highest BCUT2D eigenvalue weighted by molar-refractivity contribution is 7.16. The highest BCUT2D eigenvalue weighted by Crippen LogP contribution is 2.45. The van der Waals surface area contributed by atoms with E-state index < -0.39 is 5.91 Å². The van der Waals surface area contributed by atoms with E-state index in [4.69, 9.17) is 23.2 Å². The summed E-state index contributed by atoms with van der Waals surface area (Å²) in [6.45, 7) is 2.12. The lowest BCUT2D eigenvalue weighted by molar-refractivity contribution is 0.0957. The number of carbonyl (C=O) groups is 2. The number of thiophene rings is 2. The van der Waals surface area contributed by atoms with Crippen LogP contribution >= 0.6 is 45.9 Å². The number of aromatic nitrogens is 1. The number of aromatic hydroxyl groups is 1. The molecule has 3 aromatic heterocycles. The van der Waals surface area contributed by atoms with E-state index in [0.717, 1.165) is 21.9 Å². The maximum Gasteiger partial charge on any atom is 0.288 e. The van der Waals surface area contributed by atoms with E-state index >= 15 is 0 Å². The quantitative estimate of drug-likeness (QED) is 0.190. The van der Waals surface area contributed by atoms with Crippen LogP contribution in [0.4, 0.5) is 5.69 Å². The fourth-order valence-electron chi connectivity index (χ4n) is 3.31. The van der Waals surface area contributed by atoms with Gasteiger partial charge in [0.2, 0.25) is 0 Å². The van der Waals surface area contributed by atoms with Crippen molar-refractivity contribution in [3.8, 4) is 16.2 Å². The predicted molar refractivity (Wildman–Crippen MR) is 147 cm³/mol. The molecule has 0 saturated carbocycles. The van der Waals surface area contributed by atoms with Crippen LogP contribution in [-0.2, 0) is 6.42 Å². The van der Waals surface area contributed by atoms with Gasteiger partial charge in [-0.25, -0.2) is 0 Å². The smallest absolute Gasteiger partial charge is 0.288 e. The van der Waals surface area contributed by atoms with Crippen LogP contribution in [-0.4, -0.2) is 34.7 Å². The molecule has 4 rings (SSSR count). The molecule has 11 heteroatoms. The van der Waals surface area contributed by atoms with Crippen LogP contribution in [0.3, 0.4) is 0 Å². The van der Waals surface area contributed by atoms with Crippen molar-refractivity contribution in [3.63, 3.8) is 0 Å². The average molecular weight is 560 g/mol. The zero-order valence-electron chi connectivity index (χ0n) is 18.9. The van der Waals surface area contributed by atoms with Gasteiger partial charge in [0.15, 0.2) is 5.75 Å². The summed E-state index contributed by atoms with van der Waals surface area (Å²) in [4.78, 5) is 31.1. The summed E-state index contributed by atoms with van der Waals surface area (Å²) in [6, 6.07) is 12.0. The van der Waals surface area contributed by atoms with Crippen LogP contribution < -0.4 is 10.3 Å². The van der Waals surface area contributed by atoms with Gasteiger partial charge in [-0.05, 0) is 60.9 Å². The minimum absolute atomic E-state index is 0.108. The van der Waals surface area contributed by atoms with E-state index in [1.54, 1.807) is 55.0 Å². The Morgan fingerprint density at radius 2 is 1.86 bits per heavy atom. The third kappa shape index (κ3) is 5.76. The zero-order chi connectivity index (χ0) is 25.7. The number of amides is 2. The number of carbonyl (C=O) groups excluding carboxylic acids is 2. The number of rotatable bonds is 8. The largest absolute Gasteiger partial charge is 0.504 e. The molecule has 0 radical (unpaired) electrons. The molecule has 4 aromatic rings. The van der Waals surface area contributed by atoms with Crippen LogP contribution in [0.2, 0.25) is 10.0 Å². The van der Waals surface area contributed by atoms with Gasteiger partial charge in [0.25, 0.3) is 11.8 Å². The van der Waals surface area contributed by atoms with Crippen LogP contribution in [0.15, 0.2) is 65.3 Å². The van der Waals surface area contributed by atoms with Crippen LogP contribution in [0.25, 0.3) is 10.4 Å². The van der Waals surface area contributed by atoms with Crippen molar-refractivity contribution in [1.29, 1.82) is 0 Å². The first-order valence-corrected chi connectivity index (χ1v) is 13.2. The summed E-state index contributed by atoms with van der Waals surface area (Å²) in [6.07, 6.45) is 5.53. The molecule has 0 aliphatic heterocycles. The normalized spacial score (nSPS) is 11.1. The Morgan fingerprint density at radius 3 is 2.58 bits per heavy atom. The first-order chi connectivity index (χ1) is 17.4. The molecule has 36 heavy (non-hydrogen) atoms.